The predicted molar refractivity (Wildman–Crippen MR) is 139 cm³/mol. The molecule has 174 valence electrons. The van der Waals surface area contributed by atoms with Crippen LogP contribution in [-0.2, 0) is 4.79 Å². The van der Waals surface area contributed by atoms with Crippen LogP contribution in [0.25, 0.3) is 27.7 Å². The second-order valence-corrected chi connectivity index (χ2v) is 8.90. The van der Waals surface area contributed by atoms with Crippen LogP contribution in [0.5, 0.6) is 5.75 Å². The van der Waals surface area contributed by atoms with E-state index in [9.17, 15) is 4.79 Å². The number of benzene rings is 3. The third kappa shape index (κ3) is 4.49. The average Bonchev–Trinajstić information content (AvgIpc) is 3.23. The molecule has 0 aliphatic rings. The van der Waals surface area contributed by atoms with Gasteiger partial charge in [0.25, 0.3) is 0 Å². The Bertz CT molecular complexity index is 1380. The van der Waals surface area contributed by atoms with Gasteiger partial charge in [-0.25, -0.2) is 0 Å². The van der Waals surface area contributed by atoms with E-state index < -0.39 is 0 Å². The van der Waals surface area contributed by atoms with Crippen molar-refractivity contribution in [3.05, 3.63) is 94.8 Å². The van der Waals surface area contributed by atoms with Gasteiger partial charge in [-0.3, -0.25) is 4.79 Å². The van der Waals surface area contributed by atoms with E-state index in [1.165, 1.54) is 11.1 Å². The lowest BCUT2D eigenvalue weighted by atomic mass is 9.94. The standard InChI is InChI=1S/C30H31NO3/c1-18-12-13-24(19(2)14-18)27-17-34-30-21(4)29(33-6)25(16-26(27)30)20(3)15-28(32)31-22(5)23-10-8-7-9-11-23/h7-17,22H,1-6H3,(H,31,32)/b20-15+. The molecule has 0 saturated carbocycles. The van der Waals surface area contributed by atoms with Crippen LogP contribution in [0.3, 0.4) is 0 Å². The summed E-state index contributed by atoms with van der Waals surface area (Å²) in [5, 5.41) is 4.06. The predicted octanol–water partition coefficient (Wildman–Crippen LogP) is 7.31. The minimum atomic E-state index is -0.143. The molecule has 0 bridgehead atoms. The van der Waals surface area contributed by atoms with Gasteiger partial charge in [0.15, 0.2) is 0 Å². The van der Waals surface area contributed by atoms with Crippen LogP contribution >= 0.6 is 0 Å². The second kappa shape index (κ2) is 9.60. The number of carbonyl (C=O) groups is 1. The minimum absolute atomic E-state index is 0.0890. The number of aryl methyl sites for hydroxylation is 3. The molecule has 34 heavy (non-hydrogen) atoms. The topological polar surface area (TPSA) is 51.5 Å². The molecule has 0 aliphatic heterocycles. The molecule has 1 atom stereocenters. The van der Waals surface area contributed by atoms with E-state index in [1.807, 2.05) is 57.4 Å². The molecule has 1 aromatic heterocycles. The molecular formula is C30H31NO3. The van der Waals surface area contributed by atoms with Crippen molar-refractivity contribution in [2.45, 2.75) is 40.7 Å². The average molecular weight is 454 g/mol. The van der Waals surface area contributed by atoms with Gasteiger partial charge in [-0.1, -0.05) is 54.1 Å². The molecule has 0 fully saturated rings. The summed E-state index contributed by atoms with van der Waals surface area (Å²) in [5.41, 5.74) is 9.07. The molecule has 0 saturated heterocycles. The molecule has 4 aromatic rings. The number of fused-ring (bicyclic) bond motifs is 1. The van der Waals surface area contributed by atoms with Crippen molar-refractivity contribution in [1.29, 1.82) is 0 Å². The van der Waals surface area contributed by atoms with Crippen molar-refractivity contribution in [3.8, 4) is 16.9 Å². The Kier molecular flexibility index (Phi) is 6.60. The summed E-state index contributed by atoms with van der Waals surface area (Å²) in [5.74, 6) is 0.571. The van der Waals surface area contributed by atoms with Crippen molar-refractivity contribution in [2.75, 3.05) is 7.11 Å². The molecule has 4 nitrogen and oxygen atoms in total. The number of nitrogens with one attached hydrogen (secondary N) is 1. The summed E-state index contributed by atoms with van der Waals surface area (Å²) in [7, 11) is 1.65. The van der Waals surface area contributed by atoms with Crippen molar-refractivity contribution >= 4 is 22.4 Å². The van der Waals surface area contributed by atoms with Crippen LogP contribution in [0.4, 0.5) is 0 Å². The van der Waals surface area contributed by atoms with Crippen LogP contribution in [-0.4, -0.2) is 13.0 Å². The maximum Gasteiger partial charge on any atom is 0.244 e. The Balaban J connectivity index is 1.74. The van der Waals surface area contributed by atoms with Gasteiger partial charge in [0, 0.05) is 28.2 Å². The summed E-state index contributed by atoms with van der Waals surface area (Å²) in [6.07, 6.45) is 3.45. The number of hydrogen-bond donors (Lipinski definition) is 1. The Labute approximate surface area is 201 Å². The van der Waals surface area contributed by atoms with Crippen LogP contribution < -0.4 is 10.1 Å². The zero-order valence-corrected chi connectivity index (χ0v) is 20.7. The number of allylic oxidation sites excluding steroid dienone is 1. The molecule has 4 heteroatoms. The van der Waals surface area contributed by atoms with E-state index in [4.69, 9.17) is 9.15 Å². The van der Waals surface area contributed by atoms with Crippen molar-refractivity contribution in [1.82, 2.24) is 5.32 Å². The van der Waals surface area contributed by atoms with Gasteiger partial charge in [0.2, 0.25) is 5.91 Å². The highest BCUT2D eigenvalue weighted by Gasteiger charge is 2.19. The van der Waals surface area contributed by atoms with E-state index in [1.54, 1.807) is 13.2 Å². The highest BCUT2D eigenvalue weighted by Crippen LogP contribution is 2.41. The number of carbonyl (C=O) groups excluding carboxylic acids is 1. The Hall–Kier alpha value is -3.79. The van der Waals surface area contributed by atoms with Gasteiger partial charge < -0.3 is 14.5 Å². The van der Waals surface area contributed by atoms with E-state index in [-0.39, 0.29) is 11.9 Å². The van der Waals surface area contributed by atoms with Crippen LogP contribution in [0, 0.1) is 20.8 Å². The monoisotopic (exact) mass is 453 g/mol. The van der Waals surface area contributed by atoms with Crippen LogP contribution in [0.15, 0.2) is 71.4 Å². The van der Waals surface area contributed by atoms with E-state index in [2.05, 4.69) is 43.4 Å². The highest BCUT2D eigenvalue weighted by atomic mass is 16.5. The Morgan fingerprint density at radius 3 is 2.44 bits per heavy atom. The molecule has 0 spiro atoms. The zero-order valence-electron chi connectivity index (χ0n) is 20.7. The fourth-order valence-corrected chi connectivity index (χ4v) is 4.55. The quantitative estimate of drug-likeness (QED) is 0.311. The Morgan fingerprint density at radius 2 is 1.76 bits per heavy atom. The largest absolute Gasteiger partial charge is 0.496 e. The summed E-state index contributed by atoms with van der Waals surface area (Å²) in [6.45, 7) is 10.1. The van der Waals surface area contributed by atoms with Gasteiger partial charge in [0.1, 0.15) is 11.3 Å². The highest BCUT2D eigenvalue weighted by molar-refractivity contribution is 6.02. The van der Waals surface area contributed by atoms with Gasteiger partial charge in [0.05, 0.1) is 19.4 Å². The molecule has 1 heterocycles. The molecule has 1 unspecified atom stereocenters. The van der Waals surface area contributed by atoms with E-state index in [0.29, 0.717) is 5.75 Å². The first-order valence-corrected chi connectivity index (χ1v) is 11.5. The first kappa shape index (κ1) is 23.4. The molecule has 4 rings (SSSR count). The summed E-state index contributed by atoms with van der Waals surface area (Å²) >= 11 is 0. The van der Waals surface area contributed by atoms with Crippen LogP contribution in [0.2, 0.25) is 0 Å². The number of rotatable bonds is 6. The fraction of sp³-hybridized carbons (Fsp3) is 0.233. The summed E-state index contributed by atoms with van der Waals surface area (Å²) in [6, 6.07) is 18.3. The maximum absolute atomic E-state index is 12.8. The number of ether oxygens (including phenoxy) is 1. The van der Waals surface area contributed by atoms with Crippen LogP contribution in [0.1, 0.15) is 47.7 Å². The van der Waals surface area contributed by atoms with Gasteiger partial charge in [-0.2, -0.15) is 0 Å². The molecule has 1 amide bonds. The smallest absolute Gasteiger partial charge is 0.244 e. The third-order valence-electron chi connectivity index (χ3n) is 6.35. The number of amides is 1. The van der Waals surface area contributed by atoms with Crippen molar-refractivity contribution in [3.63, 3.8) is 0 Å². The zero-order chi connectivity index (χ0) is 24.4. The third-order valence-corrected chi connectivity index (χ3v) is 6.35. The van der Waals surface area contributed by atoms with Gasteiger partial charge in [-0.05, 0) is 62.9 Å². The summed E-state index contributed by atoms with van der Waals surface area (Å²) < 4.78 is 11.8. The maximum atomic E-state index is 12.8. The minimum Gasteiger partial charge on any atom is -0.496 e. The van der Waals surface area contributed by atoms with Gasteiger partial charge >= 0.3 is 0 Å². The lowest BCUT2D eigenvalue weighted by molar-refractivity contribution is -0.117. The number of methoxy groups -OCH3 is 1. The second-order valence-electron chi connectivity index (χ2n) is 8.90. The van der Waals surface area contributed by atoms with Crippen molar-refractivity contribution < 1.29 is 13.9 Å². The number of hydrogen-bond acceptors (Lipinski definition) is 3. The normalized spacial score (nSPS) is 12.6. The van der Waals surface area contributed by atoms with Gasteiger partial charge in [-0.15, -0.1) is 0 Å². The fourth-order valence-electron chi connectivity index (χ4n) is 4.55. The first-order chi connectivity index (χ1) is 16.3. The SMILES string of the molecule is COc1c(/C(C)=C/C(=O)NC(C)c2ccccc2)cc2c(-c3ccc(C)cc3C)coc2c1C. The molecular weight excluding hydrogens is 422 g/mol. The lowest BCUT2D eigenvalue weighted by Crippen LogP contribution is -2.24. The van der Waals surface area contributed by atoms with E-state index in [0.717, 1.165) is 44.4 Å². The lowest BCUT2D eigenvalue weighted by Gasteiger charge is -2.15. The molecule has 0 aliphatic carbocycles. The summed E-state index contributed by atoms with van der Waals surface area (Å²) in [4.78, 5) is 12.8. The molecule has 0 radical (unpaired) electrons. The first-order valence-electron chi connectivity index (χ1n) is 11.5. The van der Waals surface area contributed by atoms with Crippen molar-refractivity contribution in [2.24, 2.45) is 0 Å². The molecule has 3 aromatic carbocycles. The Morgan fingerprint density at radius 1 is 1.03 bits per heavy atom. The number of furan rings is 1. The molecule has 1 N–H and O–H groups in total. The van der Waals surface area contributed by atoms with E-state index >= 15 is 0 Å².